The summed E-state index contributed by atoms with van der Waals surface area (Å²) in [7, 11) is -3.59. The van der Waals surface area contributed by atoms with Crippen molar-refractivity contribution in [3.05, 3.63) is 29.8 Å². The summed E-state index contributed by atoms with van der Waals surface area (Å²) in [6.07, 6.45) is 8.07. The monoisotopic (exact) mass is 326 g/mol. The van der Waals surface area contributed by atoms with Crippen molar-refractivity contribution >= 4 is 10.1 Å². The number of hydrogen-bond acceptors (Lipinski definition) is 3. The lowest BCUT2D eigenvalue weighted by atomic mass is 9.98. The Kier molecular flexibility index (Phi) is 8.72. The van der Waals surface area contributed by atoms with Gasteiger partial charge in [0.1, 0.15) is 0 Å². The van der Waals surface area contributed by atoms with Crippen LogP contribution < -0.4 is 0 Å². The molecule has 0 bridgehead atoms. The molecular formula is C18H30O3S. The first-order valence-corrected chi connectivity index (χ1v) is 9.82. The molecule has 1 aromatic rings. The molecule has 0 saturated heterocycles. The Morgan fingerprint density at radius 1 is 1.00 bits per heavy atom. The molecule has 22 heavy (non-hydrogen) atoms. The molecule has 0 spiro atoms. The third-order valence-electron chi connectivity index (χ3n) is 3.94. The van der Waals surface area contributed by atoms with Gasteiger partial charge in [0, 0.05) is 0 Å². The Morgan fingerprint density at radius 2 is 1.64 bits per heavy atom. The molecule has 126 valence electrons. The van der Waals surface area contributed by atoms with Crippen LogP contribution in [-0.2, 0) is 14.3 Å². The molecule has 0 radical (unpaired) electrons. The molecule has 3 nitrogen and oxygen atoms in total. The molecule has 1 rings (SSSR count). The first-order chi connectivity index (χ1) is 10.5. The van der Waals surface area contributed by atoms with E-state index in [1.807, 2.05) is 6.92 Å². The first-order valence-electron chi connectivity index (χ1n) is 8.42. The summed E-state index contributed by atoms with van der Waals surface area (Å²) in [4.78, 5) is 0.242. The lowest BCUT2D eigenvalue weighted by Crippen LogP contribution is -2.07. The summed E-state index contributed by atoms with van der Waals surface area (Å²) in [6, 6.07) is 6.77. The molecule has 0 N–H and O–H groups in total. The quantitative estimate of drug-likeness (QED) is 0.420. The molecule has 0 amide bonds. The zero-order chi connectivity index (χ0) is 16.4. The van der Waals surface area contributed by atoms with E-state index in [2.05, 4.69) is 13.8 Å². The first kappa shape index (κ1) is 19.2. The van der Waals surface area contributed by atoms with E-state index in [1.165, 1.54) is 25.7 Å². The van der Waals surface area contributed by atoms with Crippen molar-refractivity contribution in [2.24, 2.45) is 5.92 Å². The van der Waals surface area contributed by atoms with Crippen LogP contribution in [0.4, 0.5) is 0 Å². The number of unbranched alkanes of at least 4 members (excludes halogenated alkanes) is 3. The number of rotatable bonds is 11. The van der Waals surface area contributed by atoms with Gasteiger partial charge in [0.15, 0.2) is 0 Å². The Hall–Kier alpha value is -0.870. The van der Waals surface area contributed by atoms with Crippen LogP contribution in [0.25, 0.3) is 0 Å². The van der Waals surface area contributed by atoms with Crippen molar-refractivity contribution in [2.45, 2.75) is 70.6 Å². The normalized spacial score (nSPS) is 13.2. The summed E-state index contributed by atoms with van der Waals surface area (Å²) in [5, 5.41) is 0. The molecule has 0 saturated carbocycles. The lowest BCUT2D eigenvalue weighted by Gasteiger charge is -2.10. The van der Waals surface area contributed by atoms with Crippen molar-refractivity contribution in [1.82, 2.24) is 0 Å². The van der Waals surface area contributed by atoms with Crippen LogP contribution in [-0.4, -0.2) is 15.0 Å². The van der Waals surface area contributed by atoms with E-state index >= 15 is 0 Å². The second-order valence-corrected chi connectivity index (χ2v) is 7.80. The number of hydrogen-bond donors (Lipinski definition) is 0. The van der Waals surface area contributed by atoms with Crippen LogP contribution >= 0.6 is 0 Å². The summed E-state index contributed by atoms with van der Waals surface area (Å²) < 4.78 is 29.1. The average Bonchev–Trinajstić information content (AvgIpc) is 2.49. The SMILES string of the molecule is CCCCC(C)CCCCCOS(=O)(=O)c1ccc(C)cc1. The molecule has 0 aromatic heterocycles. The summed E-state index contributed by atoms with van der Waals surface area (Å²) in [5.41, 5.74) is 1.04. The molecule has 1 atom stereocenters. The molecule has 0 aliphatic heterocycles. The smallest absolute Gasteiger partial charge is 0.266 e. The highest BCUT2D eigenvalue weighted by Crippen LogP contribution is 2.17. The van der Waals surface area contributed by atoms with Crippen LogP contribution in [0.15, 0.2) is 29.2 Å². The Morgan fingerprint density at radius 3 is 2.27 bits per heavy atom. The molecule has 1 aromatic carbocycles. The minimum absolute atomic E-state index is 0.242. The fourth-order valence-electron chi connectivity index (χ4n) is 2.41. The van der Waals surface area contributed by atoms with E-state index in [4.69, 9.17) is 4.18 Å². The van der Waals surface area contributed by atoms with Gasteiger partial charge in [0.2, 0.25) is 0 Å². The van der Waals surface area contributed by atoms with Gasteiger partial charge in [-0.05, 0) is 31.4 Å². The average molecular weight is 327 g/mol. The second-order valence-electron chi connectivity index (χ2n) is 6.19. The highest BCUT2D eigenvalue weighted by molar-refractivity contribution is 7.86. The minimum atomic E-state index is -3.59. The van der Waals surface area contributed by atoms with E-state index in [9.17, 15) is 8.42 Å². The van der Waals surface area contributed by atoms with Gasteiger partial charge in [-0.1, -0.05) is 70.1 Å². The number of benzene rings is 1. The van der Waals surface area contributed by atoms with E-state index in [1.54, 1.807) is 24.3 Å². The number of aryl methyl sites for hydroxylation is 1. The predicted molar refractivity (Wildman–Crippen MR) is 91.5 cm³/mol. The van der Waals surface area contributed by atoms with Gasteiger partial charge >= 0.3 is 0 Å². The second kappa shape index (κ2) is 10.0. The molecule has 0 aliphatic rings. The van der Waals surface area contributed by atoms with Gasteiger partial charge in [-0.15, -0.1) is 0 Å². The Labute approximate surface area is 136 Å². The predicted octanol–water partition coefficient (Wildman–Crippen LogP) is 5.09. The van der Waals surface area contributed by atoms with Gasteiger partial charge in [-0.2, -0.15) is 8.42 Å². The van der Waals surface area contributed by atoms with Crippen molar-refractivity contribution in [1.29, 1.82) is 0 Å². The van der Waals surface area contributed by atoms with Gasteiger partial charge in [0.25, 0.3) is 10.1 Å². The maximum absolute atomic E-state index is 12.0. The molecule has 1 unspecified atom stereocenters. The maximum Gasteiger partial charge on any atom is 0.296 e. The molecular weight excluding hydrogens is 296 g/mol. The zero-order valence-corrected chi connectivity index (χ0v) is 15.0. The van der Waals surface area contributed by atoms with Crippen molar-refractivity contribution in [3.8, 4) is 0 Å². The van der Waals surface area contributed by atoms with Crippen LogP contribution in [0.5, 0.6) is 0 Å². The van der Waals surface area contributed by atoms with E-state index in [-0.39, 0.29) is 11.5 Å². The fourth-order valence-corrected chi connectivity index (χ4v) is 3.35. The lowest BCUT2D eigenvalue weighted by molar-refractivity contribution is 0.304. The van der Waals surface area contributed by atoms with E-state index in [0.29, 0.717) is 0 Å². The minimum Gasteiger partial charge on any atom is -0.266 e. The standard InChI is InChI=1S/C18H30O3S/c1-4-5-9-16(2)10-7-6-8-15-21-22(19,20)18-13-11-17(3)12-14-18/h11-14,16H,4-10,15H2,1-3H3. The highest BCUT2D eigenvalue weighted by Gasteiger charge is 2.14. The maximum atomic E-state index is 12.0. The van der Waals surface area contributed by atoms with Gasteiger partial charge < -0.3 is 0 Å². The molecule has 0 heterocycles. The van der Waals surface area contributed by atoms with Gasteiger partial charge in [0.05, 0.1) is 11.5 Å². The summed E-state index contributed by atoms with van der Waals surface area (Å²) in [6.45, 7) is 6.73. The fraction of sp³-hybridized carbons (Fsp3) is 0.667. The largest absolute Gasteiger partial charge is 0.296 e. The Bertz CT molecular complexity index is 506. The van der Waals surface area contributed by atoms with Crippen LogP contribution in [0.2, 0.25) is 0 Å². The van der Waals surface area contributed by atoms with Crippen LogP contribution in [0, 0.1) is 12.8 Å². The topological polar surface area (TPSA) is 43.4 Å². The Balaban J connectivity index is 2.20. The summed E-state index contributed by atoms with van der Waals surface area (Å²) >= 11 is 0. The van der Waals surface area contributed by atoms with Crippen molar-refractivity contribution in [3.63, 3.8) is 0 Å². The zero-order valence-electron chi connectivity index (χ0n) is 14.2. The molecule has 4 heteroatoms. The van der Waals surface area contributed by atoms with Crippen LogP contribution in [0.1, 0.15) is 64.4 Å². The molecule has 0 aliphatic carbocycles. The van der Waals surface area contributed by atoms with Gasteiger partial charge in [-0.3, -0.25) is 4.18 Å². The molecule has 0 fully saturated rings. The van der Waals surface area contributed by atoms with Crippen molar-refractivity contribution < 1.29 is 12.6 Å². The third kappa shape index (κ3) is 7.41. The highest BCUT2D eigenvalue weighted by atomic mass is 32.2. The van der Waals surface area contributed by atoms with Gasteiger partial charge in [-0.25, -0.2) is 0 Å². The van der Waals surface area contributed by atoms with E-state index in [0.717, 1.165) is 30.7 Å². The van der Waals surface area contributed by atoms with Crippen molar-refractivity contribution in [2.75, 3.05) is 6.61 Å². The third-order valence-corrected chi connectivity index (χ3v) is 5.27. The van der Waals surface area contributed by atoms with E-state index < -0.39 is 10.1 Å². The summed E-state index contributed by atoms with van der Waals surface area (Å²) in [5.74, 6) is 0.775. The van der Waals surface area contributed by atoms with Crippen LogP contribution in [0.3, 0.4) is 0 Å².